The van der Waals surface area contributed by atoms with E-state index in [-0.39, 0.29) is 0 Å². The van der Waals surface area contributed by atoms with Gasteiger partial charge in [0.25, 0.3) is 0 Å². The van der Waals surface area contributed by atoms with Gasteiger partial charge in [-0.05, 0) is 37.5 Å². The zero-order chi connectivity index (χ0) is 9.68. The monoisotopic (exact) mass is 182 g/mol. The van der Waals surface area contributed by atoms with Crippen molar-refractivity contribution in [1.29, 1.82) is 0 Å². The van der Waals surface area contributed by atoms with Gasteiger partial charge in [0, 0.05) is 6.42 Å². The molecule has 13 heavy (non-hydrogen) atoms. The number of hydrogen-bond donors (Lipinski definition) is 0. The van der Waals surface area contributed by atoms with Crippen LogP contribution in [0.2, 0.25) is 0 Å². The maximum Gasteiger partial charge on any atom is 0.160 e. The summed E-state index contributed by atoms with van der Waals surface area (Å²) in [5, 5.41) is 0. The quantitative estimate of drug-likeness (QED) is 0.573. The molecule has 0 N–H and O–H groups in total. The molecule has 0 saturated carbocycles. The third-order valence-corrected chi connectivity index (χ3v) is 2.52. The van der Waals surface area contributed by atoms with E-state index in [1.54, 1.807) is 0 Å². The van der Waals surface area contributed by atoms with E-state index in [1.165, 1.54) is 0 Å². The highest BCUT2D eigenvalue weighted by Crippen LogP contribution is 2.24. The van der Waals surface area contributed by atoms with Crippen molar-refractivity contribution in [3.05, 3.63) is 0 Å². The molecular weight excluding hydrogens is 163 g/mol. The molecule has 74 valence electrons. The standard InChI is InChI=1S/C12H19F/c1-10(2)8-11-6-4-3-5-7-12(13)9-11/h10-12H,3-4,6,8-9H2,1-2H3. The van der Waals surface area contributed by atoms with E-state index in [0.29, 0.717) is 18.3 Å². The molecule has 1 aliphatic rings. The van der Waals surface area contributed by atoms with Gasteiger partial charge < -0.3 is 0 Å². The second-order valence-corrected chi connectivity index (χ2v) is 4.41. The average Bonchev–Trinajstić information content (AvgIpc) is 1.98. The van der Waals surface area contributed by atoms with Crippen molar-refractivity contribution in [2.45, 2.75) is 52.1 Å². The topological polar surface area (TPSA) is 0 Å². The van der Waals surface area contributed by atoms with E-state index in [9.17, 15) is 4.39 Å². The van der Waals surface area contributed by atoms with E-state index < -0.39 is 6.17 Å². The van der Waals surface area contributed by atoms with E-state index in [2.05, 4.69) is 25.7 Å². The number of rotatable bonds is 2. The molecule has 0 amide bonds. The van der Waals surface area contributed by atoms with Gasteiger partial charge in [0.15, 0.2) is 6.17 Å². The summed E-state index contributed by atoms with van der Waals surface area (Å²) in [6.07, 6.45) is 4.14. The van der Waals surface area contributed by atoms with E-state index >= 15 is 0 Å². The Morgan fingerprint density at radius 1 is 1.46 bits per heavy atom. The Kier molecular flexibility index (Phi) is 4.28. The Morgan fingerprint density at radius 3 is 2.92 bits per heavy atom. The number of halogens is 1. The van der Waals surface area contributed by atoms with Crippen molar-refractivity contribution in [2.24, 2.45) is 11.8 Å². The first-order valence-corrected chi connectivity index (χ1v) is 5.31. The number of alkyl halides is 1. The summed E-state index contributed by atoms with van der Waals surface area (Å²) in [4.78, 5) is 0. The molecule has 0 aliphatic heterocycles. The van der Waals surface area contributed by atoms with Crippen molar-refractivity contribution in [2.75, 3.05) is 0 Å². The van der Waals surface area contributed by atoms with Gasteiger partial charge in [-0.25, -0.2) is 4.39 Å². The van der Waals surface area contributed by atoms with Crippen LogP contribution >= 0.6 is 0 Å². The van der Waals surface area contributed by atoms with Gasteiger partial charge in [-0.3, -0.25) is 0 Å². The lowest BCUT2D eigenvalue weighted by molar-refractivity contribution is 0.277. The normalized spacial score (nSPS) is 28.9. The molecule has 0 saturated heterocycles. The van der Waals surface area contributed by atoms with Crippen LogP contribution in [0.25, 0.3) is 0 Å². The Bertz CT molecular complexity index is 197. The molecule has 0 spiro atoms. The van der Waals surface area contributed by atoms with Gasteiger partial charge in [-0.2, -0.15) is 0 Å². The fourth-order valence-corrected chi connectivity index (χ4v) is 2.01. The van der Waals surface area contributed by atoms with Crippen molar-refractivity contribution >= 4 is 0 Å². The molecule has 0 heterocycles. The van der Waals surface area contributed by atoms with Crippen LogP contribution in [-0.2, 0) is 0 Å². The summed E-state index contributed by atoms with van der Waals surface area (Å²) in [7, 11) is 0. The highest BCUT2D eigenvalue weighted by atomic mass is 19.1. The molecular formula is C12H19F. The second kappa shape index (κ2) is 5.27. The number of hydrogen-bond acceptors (Lipinski definition) is 0. The first-order valence-electron chi connectivity index (χ1n) is 5.31. The van der Waals surface area contributed by atoms with Gasteiger partial charge in [0.2, 0.25) is 0 Å². The summed E-state index contributed by atoms with van der Waals surface area (Å²) in [6, 6.07) is 0. The lowest BCUT2D eigenvalue weighted by Gasteiger charge is -2.19. The molecule has 1 rings (SSSR count). The molecule has 0 aromatic heterocycles. The lowest BCUT2D eigenvalue weighted by Crippen LogP contribution is -2.12. The summed E-state index contributed by atoms with van der Waals surface area (Å²) in [6.45, 7) is 4.41. The van der Waals surface area contributed by atoms with Gasteiger partial charge in [-0.15, -0.1) is 5.92 Å². The van der Waals surface area contributed by atoms with Crippen LogP contribution in [0, 0.1) is 23.7 Å². The highest BCUT2D eigenvalue weighted by Gasteiger charge is 2.16. The predicted molar refractivity (Wildman–Crippen MR) is 54.1 cm³/mol. The van der Waals surface area contributed by atoms with Crippen molar-refractivity contribution in [1.82, 2.24) is 0 Å². The Labute approximate surface area is 80.9 Å². The van der Waals surface area contributed by atoms with Crippen LogP contribution < -0.4 is 0 Å². The van der Waals surface area contributed by atoms with Crippen LogP contribution in [0.3, 0.4) is 0 Å². The van der Waals surface area contributed by atoms with Gasteiger partial charge in [0.05, 0.1) is 0 Å². The first-order chi connectivity index (χ1) is 6.18. The Balaban J connectivity index is 2.43. The minimum Gasteiger partial charge on any atom is -0.233 e. The van der Waals surface area contributed by atoms with E-state index in [4.69, 9.17) is 0 Å². The largest absolute Gasteiger partial charge is 0.233 e. The van der Waals surface area contributed by atoms with Crippen LogP contribution in [0.4, 0.5) is 4.39 Å². The minimum atomic E-state index is -0.871. The molecule has 2 unspecified atom stereocenters. The van der Waals surface area contributed by atoms with Gasteiger partial charge >= 0.3 is 0 Å². The molecule has 0 aromatic carbocycles. The third-order valence-electron chi connectivity index (χ3n) is 2.52. The summed E-state index contributed by atoms with van der Waals surface area (Å²) >= 11 is 0. The zero-order valence-corrected chi connectivity index (χ0v) is 8.65. The predicted octanol–water partition coefficient (Wildman–Crippen LogP) is 3.56. The molecule has 1 heteroatoms. The molecule has 0 fully saturated rings. The van der Waals surface area contributed by atoms with Crippen LogP contribution in [-0.4, -0.2) is 6.17 Å². The van der Waals surface area contributed by atoms with Crippen LogP contribution in [0.1, 0.15) is 46.0 Å². The Morgan fingerprint density at radius 2 is 2.23 bits per heavy atom. The maximum absolute atomic E-state index is 13.2. The fraction of sp³-hybridized carbons (Fsp3) is 0.833. The lowest BCUT2D eigenvalue weighted by atomic mass is 9.87. The highest BCUT2D eigenvalue weighted by molar-refractivity contribution is 5.06. The van der Waals surface area contributed by atoms with Crippen LogP contribution in [0.15, 0.2) is 0 Å². The molecule has 0 nitrogen and oxygen atoms in total. The minimum absolute atomic E-state index is 0.560. The first kappa shape index (κ1) is 10.6. The molecule has 0 bridgehead atoms. The molecule has 1 aliphatic carbocycles. The van der Waals surface area contributed by atoms with Crippen molar-refractivity contribution in [3.8, 4) is 11.8 Å². The smallest absolute Gasteiger partial charge is 0.160 e. The van der Waals surface area contributed by atoms with E-state index in [1.807, 2.05) is 0 Å². The molecule has 0 aromatic rings. The SMILES string of the molecule is CC(C)CC1CCCC#CC(F)C1. The van der Waals surface area contributed by atoms with Crippen LogP contribution in [0.5, 0.6) is 0 Å². The van der Waals surface area contributed by atoms with Crippen molar-refractivity contribution in [3.63, 3.8) is 0 Å². The molecule has 2 atom stereocenters. The fourth-order valence-electron chi connectivity index (χ4n) is 2.01. The molecule has 0 radical (unpaired) electrons. The van der Waals surface area contributed by atoms with Gasteiger partial charge in [-0.1, -0.05) is 19.8 Å². The van der Waals surface area contributed by atoms with Crippen molar-refractivity contribution < 1.29 is 4.39 Å². The summed E-state index contributed by atoms with van der Waals surface area (Å²) in [5.74, 6) is 6.80. The van der Waals surface area contributed by atoms with E-state index in [0.717, 1.165) is 25.7 Å². The van der Waals surface area contributed by atoms with Gasteiger partial charge in [0.1, 0.15) is 0 Å². The zero-order valence-electron chi connectivity index (χ0n) is 8.65. The Hall–Kier alpha value is -0.510. The second-order valence-electron chi connectivity index (χ2n) is 4.41. The maximum atomic E-state index is 13.2. The average molecular weight is 182 g/mol. The summed E-state index contributed by atoms with van der Waals surface area (Å²) < 4.78 is 13.2. The summed E-state index contributed by atoms with van der Waals surface area (Å²) in [5.41, 5.74) is 0. The third kappa shape index (κ3) is 4.31.